The topological polar surface area (TPSA) is 12.0 Å². The summed E-state index contributed by atoms with van der Waals surface area (Å²) in [5.41, 5.74) is 0. The molecule has 68 valence electrons. The molecule has 0 amide bonds. The molecule has 0 radical (unpaired) electrons. The van der Waals surface area contributed by atoms with Crippen molar-refractivity contribution >= 4 is 0 Å². The van der Waals surface area contributed by atoms with Crippen molar-refractivity contribution in [1.82, 2.24) is 5.32 Å². The zero-order chi connectivity index (χ0) is 8.69. The Morgan fingerprint density at radius 3 is 2.18 bits per heavy atom. The predicted molar refractivity (Wildman–Crippen MR) is 51.9 cm³/mol. The van der Waals surface area contributed by atoms with Gasteiger partial charge in [-0.05, 0) is 12.8 Å². The van der Waals surface area contributed by atoms with Gasteiger partial charge < -0.3 is 5.32 Å². The van der Waals surface area contributed by atoms with E-state index in [1.54, 1.807) is 0 Å². The average molecular weight is 157 g/mol. The van der Waals surface area contributed by atoms with Crippen LogP contribution in [0.5, 0.6) is 0 Å². The van der Waals surface area contributed by atoms with Crippen LogP contribution in [0.3, 0.4) is 0 Å². The number of hydrogen-bond acceptors (Lipinski definition) is 1. The monoisotopic (exact) mass is 157 g/mol. The standard InChI is InChI=1S/C10H23N/c1-5-7-8-10(6-2)11-9(3)4/h9-11H,5-8H2,1-4H3. The van der Waals surface area contributed by atoms with Gasteiger partial charge >= 0.3 is 0 Å². The molecule has 1 heteroatoms. The third-order valence-electron chi connectivity index (χ3n) is 1.97. The van der Waals surface area contributed by atoms with Crippen molar-refractivity contribution in [2.24, 2.45) is 0 Å². The molecule has 0 fully saturated rings. The molecule has 0 rings (SSSR count). The second-order valence-electron chi connectivity index (χ2n) is 3.57. The van der Waals surface area contributed by atoms with E-state index in [2.05, 4.69) is 33.0 Å². The molecule has 0 aromatic heterocycles. The van der Waals surface area contributed by atoms with Crippen LogP contribution in [0.25, 0.3) is 0 Å². The van der Waals surface area contributed by atoms with E-state index < -0.39 is 0 Å². The molecule has 0 saturated carbocycles. The third-order valence-corrected chi connectivity index (χ3v) is 1.97. The molecule has 0 aliphatic heterocycles. The van der Waals surface area contributed by atoms with Crippen LogP contribution < -0.4 is 5.32 Å². The molecule has 1 unspecified atom stereocenters. The lowest BCUT2D eigenvalue weighted by atomic mass is 10.1. The fourth-order valence-electron chi connectivity index (χ4n) is 1.33. The zero-order valence-corrected chi connectivity index (χ0v) is 8.48. The molecule has 0 spiro atoms. The van der Waals surface area contributed by atoms with Crippen LogP contribution in [-0.4, -0.2) is 12.1 Å². The van der Waals surface area contributed by atoms with Crippen LogP contribution in [-0.2, 0) is 0 Å². The largest absolute Gasteiger partial charge is 0.312 e. The minimum absolute atomic E-state index is 0.636. The molecule has 0 aliphatic carbocycles. The van der Waals surface area contributed by atoms with E-state index in [0.29, 0.717) is 6.04 Å². The highest BCUT2D eigenvalue weighted by Gasteiger charge is 2.05. The quantitative estimate of drug-likeness (QED) is 0.625. The minimum atomic E-state index is 0.636. The van der Waals surface area contributed by atoms with Gasteiger partial charge in [0.15, 0.2) is 0 Å². The van der Waals surface area contributed by atoms with Crippen molar-refractivity contribution in [3.8, 4) is 0 Å². The van der Waals surface area contributed by atoms with E-state index >= 15 is 0 Å². The van der Waals surface area contributed by atoms with Crippen LogP contribution >= 0.6 is 0 Å². The molecule has 0 aromatic carbocycles. The van der Waals surface area contributed by atoms with Crippen molar-refractivity contribution in [3.63, 3.8) is 0 Å². The first-order chi connectivity index (χ1) is 5.20. The summed E-state index contributed by atoms with van der Waals surface area (Å²) in [6, 6.07) is 1.38. The van der Waals surface area contributed by atoms with Gasteiger partial charge in [0.1, 0.15) is 0 Å². The van der Waals surface area contributed by atoms with Crippen molar-refractivity contribution in [2.75, 3.05) is 0 Å². The summed E-state index contributed by atoms with van der Waals surface area (Å²) in [4.78, 5) is 0. The maximum Gasteiger partial charge on any atom is 0.00667 e. The van der Waals surface area contributed by atoms with Crippen LogP contribution in [0.2, 0.25) is 0 Å². The van der Waals surface area contributed by atoms with Crippen LogP contribution in [0.1, 0.15) is 53.4 Å². The van der Waals surface area contributed by atoms with Crippen LogP contribution in [0.15, 0.2) is 0 Å². The van der Waals surface area contributed by atoms with Crippen molar-refractivity contribution in [1.29, 1.82) is 0 Å². The first-order valence-corrected chi connectivity index (χ1v) is 4.96. The van der Waals surface area contributed by atoms with Gasteiger partial charge in [-0.3, -0.25) is 0 Å². The summed E-state index contributed by atoms with van der Waals surface area (Å²) in [5, 5.41) is 3.56. The summed E-state index contributed by atoms with van der Waals surface area (Å²) in [7, 11) is 0. The second kappa shape index (κ2) is 6.66. The summed E-state index contributed by atoms with van der Waals surface area (Å²) >= 11 is 0. The first-order valence-electron chi connectivity index (χ1n) is 4.96. The van der Waals surface area contributed by atoms with Gasteiger partial charge in [0.25, 0.3) is 0 Å². The Bertz CT molecular complexity index is 78.9. The van der Waals surface area contributed by atoms with Gasteiger partial charge in [0, 0.05) is 12.1 Å². The Hall–Kier alpha value is -0.0400. The van der Waals surface area contributed by atoms with Gasteiger partial charge in [-0.2, -0.15) is 0 Å². The summed E-state index contributed by atoms with van der Waals surface area (Å²) in [6.45, 7) is 8.95. The van der Waals surface area contributed by atoms with E-state index in [1.807, 2.05) is 0 Å². The zero-order valence-electron chi connectivity index (χ0n) is 8.48. The summed E-state index contributed by atoms with van der Waals surface area (Å²) in [5.74, 6) is 0. The van der Waals surface area contributed by atoms with E-state index in [-0.39, 0.29) is 0 Å². The molecule has 0 aromatic rings. The van der Waals surface area contributed by atoms with Gasteiger partial charge in [-0.25, -0.2) is 0 Å². The normalized spacial score (nSPS) is 13.9. The lowest BCUT2D eigenvalue weighted by molar-refractivity contribution is 0.417. The molecule has 0 heterocycles. The van der Waals surface area contributed by atoms with E-state index in [4.69, 9.17) is 0 Å². The van der Waals surface area contributed by atoms with Gasteiger partial charge in [0.05, 0.1) is 0 Å². The molecular weight excluding hydrogens is 134 g/mol. The van der Waals surface area contributed by atoms with E-state index in [9.17, 15) is 0 Å². The lowest BCUT2D eigenvalue weighted by Gasteiger charge is -2.19. The molecule has 1 atom stereocenters. The number of unbranched alkanes of at least 4 members (excludes halogenated alkanes) is 1. The SMILES string of the molecule is CCCCC(CC)NC(C)C. The fraction of sp³-hybridized carbons (Fsp3) is 1.00. The number of hydrogen-bond donors (Lipinski definition) is 1. The van der Waals surface area contributed by atoms with Crippen LogP contribution in [0.4, 0.5) is 0 Å². The van der Waals surface area contributed by atoms with Crippen molar-refractivity contribution in [2.45, 2.75) is 65.5 Å². The molecular formula is C10H23N. The van der Waals surface area contributed by atoms with Crippen molar-refractivity contribution < 1.29 is 0 Å². The Balaban J connectivity index is 3.41. The van der Waals surface area contributed by atoms with Crippen molar-refractivity contribution in [3.05, 3.63) is 0 Å². The Morgan fingerprint density at radius 1 is 1.18 bits per heavy atom. The minimum Gasteiger partial charge on any atom is -0.312 e. The van der Waals surface area contributed by atoms with Crippen LogP contribution in [0, 0.1) is 0 Å². The fourth-order valence-corrected chi connectivity index (χ4v) is 1.33. The Labute approximate surface area is 71.6 Å². The molecule has 1 nitrogen and oxygen atoms in total. The first kappa shape index (κ1) is 11.0. The lowest BCUT2D eigenvalue weighted by Crippen LogP contribution is -2.34. The second-order valence-corrected chi connectivity index (χ2v) is 3.57. The number of rotatable bonds is 6. The number of nitrogens with one attached hydrogen (secondary N) is 1. The maximum absolute atomic E-state index is 3.56. The molecule has 0 aliphatic rings. The summed E-state index contributed by atoms with van der Waals surface area (Å²) in [6.07, 6.45) is 5.28. The molecule has 0 saturated heterocycles. The molecule has 0 bridgehead atoms. The summed E-state index contributed by atoms with van der Waals surface area (Å²) < 4.78 is 0. The van der Waals surface area contributed by atoms with Gasteiger partial charge in [-0.1, -0.05) is 40.5 Å². The van der Waals surface area contributed by atoms with E-state index in [0.717, 1.165) is 6.04 Å². The maximum atomic E-state index is 3.56. The average Bonchev–Trinajstić information content (AvgIpc) is 1.97. The highest BCUT2D eigenvalue weighted by Crippen LogP contribution is 2.04. The smallest absolute Gasteiger partial charge is 0.00667 e. The van der Waals surface area contributed by atoms with Gasteiger partial charge in [-0.15, -0.1) is 0 Å². The molecule has 11 heavy (non-hydrogen) atoms. The van der Waals surface area contributed by atoms with E-state index in [1.165, 1.54) is 25.7 Å². The Morgan fingerprint density at radius 2 is 1.82 bits per heavy atom. The van der Waals surface area contributed by atoms with Gasteiger partial charge in [0.2, 0.25) is 0 Å². The third kappa shape index (κ3) is 6.36. The predicted octanol–water partition coefficient (Wildman–Crippen LogP) is 2.95. The highest BCUT2D eigenvalue weighted by atomic mass is 14.9. The highest BCUT2D eigenvalue weighted by molar-refractivity contribution is 4.66. The Kier molecular flexibility index (Phi) is 6.63. The molecule has 1 N–H and O–H groups in total.